The molecule has 0 radical (unpaired) electrons. The normalized spacial score (nSPS) is 11.5. The first kappa shape index (κ1) is 12.4. The number of fused-ring (bicyclic) bond motifs is 1. The lowest BCUT2D eigenvalue weighted by atomic mass is 10.1. The molecule has 18 heavy (non-hydrogen) atoms. The van der Waals surface area contributed by atoms with Gasteiger partial charge in [0.2, 0.25) is 0 Å². The monoisotopic (exact) mass is 260 g/mol. The van der Waals surface area contributed by atoms with Crippen LogP contribution in [-0.2, 0) is 4.79 Å². The third-order valence-electron chi connectivity index (χ3n) is 2.42. The lowest BCUT2D eigenvalue weighted by Gasteiger charge is -2.02. The Bertz CT molecular complexity index is 616. The molecule has 0 bridgehead atoms. The van der Waals surface area contributed by atoms with Crippen molar-refractivity contribution < 1.29 is 9.21 Å². The second kappa shape index (κ2) is 5.55. The predicted octanol–water partition coefficient (Wildman–Crippen LogP) is 2.86. The second-order valence-corrected chi connectivity index (χ2v) is 4.40. The van der Waals surface area contributed by atoms with Gasteiger partial charge in [0.1, 0.15) is 5.58 Å². The third-order valence-corrected chi connectivity index (χ3v) is 3.16. The minimum atomic E-state index is -0.273. The fraction of sp³-hybridized carbons (Fsp3) is 0.0769. The van der Waals surface area contributed by atoms with Crippen LogP contribution in [0.3, 0.4) is 0 Å². The van der Waals surface area contributed by atoms with Crippen LogP contribution in [0.4, 0.5) is 0 Å². The van der Waals surface area contributed by atoms with Crippen LogP contribution in [0.5, 0.6) is 0 Å². The van der Waals surface area contributed by atoms with E-state index in [0.717, 1.165) is 22.9 Å². The van der Waals surface area contributed by atoms with Crippen molar-refractivity contribution in [3.05, 3.63) is 41.0 Å². The first-order valence-corrected chi connectivity index (χ1v) is 6.50. The second-order valence-electron chi connectivity index (χ2n) is 3.55. The molecule has 0 spiro atoms. The van der Waals surface area contributed by atoms with Crippen molar-refractivity contribution in [1.29, 1.82) is 5.41 Å². The van der Waals surface area contributed by atoms with Crippen molar-refractivity contribution in [2.45, 2.75) is 0 Å². The average Bonchev–Trinajstić information content (AvgIpc) is 2.83. The molecule has 0 atom stereocenters. The van der Waals surface area contributed by atoms with Gasteiger partial charge in [-0.25, -0.2) is 0 Å². The standard InChI is InChI=1S/C13H12N2O2S/c1-18-12(13(16)15-8-14)7-9-2-3-11-10(6-9)4-5-17-11/h2-8H,1H3,(H2,14,15,16)/b12-7-. The van der Waals surface area contributed by atoms with Crippen LogP contribution < -0.4 is 5.32 Å². The first-order chi connectivity index (χ1) is 8.74. The van der Waals surface area contributed by atoms with Gasteiger partial charge in [-0.1, -0.05) is 6.07 Å². The Balaban J connectivity index is 2.33. The van der Waals surface area contributed by atoms with Crippen LogP contribution in [0.2, 0.25) is 0 Å². The lowest BCUT2D eigenvalue weighted by molar-refractivity contribution is -0.115. The van der Waals surface area contributed by atoms with Crippen molar-refractivity contribution in [1.82, 2.24) is 5.32 Å². The molecule has 2 rings (SSSR count). The van der Waals surface area contributed by atoms with E-state index in [1.807, 2.05) is 30.5 Å². The van der Waals surface area contributed by atoms with E-state index < -0.39 is 0 Å². The van der Waals surface area contributed by atoms with Gasteiger partial charge in [0.05, 0.1) is 17.5 Å². The molecule has 0 aliphatic rings. The molecule has 4 nitrogen and oxygen atoms in total. The van der Waals surface area contributed by atoms with E-state index in [4.69, 9.17) is 9.83 Å². The quantitative estimate of drug-likeness (QED) is 0.504. The zero-order chi connectivity index (χ0) is 13.0. The number of furan rings is 1. The molecule has 1 amide bonds. The van der Waals surface area contributed by atoms with E-state index in [1.54, 1.807) is 12.3 Å². The molecule has 0 saturated carbocycles. The SMILES string of the molecule is CS/C(=C\c1ccc2occc2c1)C(=O)NC=N. The van der Waals surface area contributed by atoms with Crippen LogP contribution >= 0.6 is 11.8 Å². The summed E-state index contributed by atoms with van der Waals surface area (Å²) in [4.78, 5) is 12.2. The van der Waals surface area contributed by atoms with Crippen LogP contribution in [-0.4, -0.2) is 18.5 Å². The van der Waals surface area contributed by atoms with Crippen LogP contribution in [0.1, 0.15) is 5.56 Å². The fourth-order valence-electron chi connectivity index (χ4n) is 1.58. The maximum atomic E-state index is 11.6. The summed E-state index contributed by atoms with van der Waals surface area (Å²) in [6.45, 7) is 0. The Morgan fingerprint density at radius 3 is 3.00 bits per heavy atom. The van der Waals surface area contributed by atoms with E-state index in [0.29, 0.717) is 4.91 Å². The van der Waals surface area contributed by atoms with Gasteiger partial charge in [0.25, 0.3) is 5.91 Å². The molecule has 0 fully saturated rings. The smallest absolute Gasteiger partial charge is 0.262 e. The number of carbonyl (C=O) groups excluding carboxylic acids is 1. The molecule has 1 heterocycles. The summed E-state index contributed by atoms with van der Waals surface area (Å²) in [7, 11) is 0. The summed E-state index contributed by atoms with van der Waals surface area (Å²) in [5, 5.41) is 10.2. The van der Waals surface area contributed by atoms with E-state index >= 15 is 0 Å². The minimum absolute atomic E-state index is 0.273. The number of thioether (sulfide) groups is 1. The molecule has 2 aromatic rings. The maximum Gasteiger partial charge on any atom is 0.262 e. The molecular weight excluding hydrogens is 248 g/mol. The van der Waals surface area contributed by atoms with Gasteiger partial charge in [0.15, 0.2) is 0 Å². The Hall–Kier alpha value is -2.01. The van der Waals surface area contributed by atoms with E-state index in [2.05, 4.69) is 5.32 Å². The molecular formula is C13H12N2O2S. The van der Waals surface area contributed by atoms with Gasteiger partial charge < -0.3 is 9.73 Å². The summed E-state index contributed by atoms with van der Waals surface area (Å²) in [6, 6.07) is 7.59. The molecule has 2 N–H and O–H groups in total. The Morgan fingerprint density at radius 1 is 1.44 bits per heavy atom. The Morgan fingerprint density at radius 2 is 2.28 bits per heavy atom. The Labute approximate surface area is 109 Å². The average molecular weight is 260 g/mol. The lowest BCUT2D eigenvalue weighted by Crippen LogP contribution is -2.21. The van der Waals surface area contributed by atoms with Gasteiger partial charge in [-0.15, -0.1) is 11.8 Å². The fourth-order valence-corrected chi connectivity index (χ4v) is 2.08. The van der Waals surface area contributed by atoms with Crippen molar-refractivity contribution in [3.63, 3.8) is 0 Å². The summed E-state index contributed by atoms with van der Waals surface area (Å²) < 4.78 is 5.26. The highest BCUT2D eigenvalue weighted by molar-refractivity contribution is 8.03. The number of hydrogen-bond donors (Lipinski definition) is 2. The molecule has 0 aliphatic carbocycles. The molecule has 0 saturated heterocycles. The Kier molecular flexibility index (Phi) is 3.84. The highest BCUT2D eigenvalue weighted by atomic mass is 32.2. The van der Waals surface area contributed by atoms with Crippen molar-refractivity contribution in [3.8, 4) is 0 Å². The molecule has 92 valence electrons. The van der Waals surface area contributed by atoms with Crippen molar-refractivity contribution in [2.24, 2.45) is 0 Å². The zero-order valence-corrected chi connectivity index (χ0v) is 10.6. The van der Waals surface area contributed by atoms with Crippen molar-refractivity contribution >= 4 is 41.1 Å². The number of rotatable bonds is 4. The number of amides is 1. The molecule has 1 aromatic carbocycles. The van der Waals surface area contributed by atoms with E-state index in [-0.39, 0.29) is 5.91 Å². The first-order valence-electron chi connectivity index (χ1n) is 5.27. The molecule has 5 heteroatoms. The zero-order valence-electron chi connectivity index (χ0n) is 9.77. The third kappa shape index (κ3) is 2.62. The van der Waals surface area contributed by atoms with Gasteiger partial charge in [-0.2, -0.15) is 0 Å². The molecule has 1 aromatic heterocycles. The molecule has 0 aliphatic heterocycles. The largest absolute Gasteiger partial charge is 0.464 e. The van der Waals surface area contributed by atoms with Crippen molar-refractivity contribution in [2.75, 3.05) is 6.26 Å². The van der Waals surface area contributed by atoms with E-state index in [9.17, 15) is 4.79 Å². The highest BCUT2D eigenvalue weighted by Gasteiger charge is 2.07. The van der Waals surface area contributed by atoms with Gasteiger partial charge in [-0.3, -0.25) is 10.2 Å². The number of benzene rings is 1. The summed E-state index contributed by atoms with van der Waals surface area (Å²) in [5.41, 5.74) is 1.75. The maximum absolute atomic E-state index is 11.6. The van der Waals surface area contributed by atoms with E-state index in [1.165, 1.54) is 11.8 Å². The predicted molar refractivity (Wildman–Crippen MR) is 74.6 cm³/mol. The summed E-state index contributed by atoms with van der Waals surface area (Å²) in [5.74, 6) is -0.273. The molecule has 0 unspecified atom stereocenters. The summed E-state index contributed by atoms with van der Waals surface area (Å²) >= 11 is 1.34. The van der Waals surface area contributed by atoms with Crippen LogP contribution in [0, 0.1) is 5.41 Å². The highest BCUT2D eigenvalue weighted by Crippen LogP contribution is 2.21. The minimum Gasteiger partial charge on any atom is -0.464 e. The topological polar surface area (TPSA) is 66.1 Å². The summed E-state index contributed by atoms with van der Waals surface area (Å²) in [6.07, 6.45) is 6.13. The van der Waals surface area contributed by atoms with Gasteiger partial charge in [0, 0.05) is 5.39 Å². The van der Waals surface area contributed by atoms with Crippen LogP contribution in [0.15, 0.2) is 39.9 Å². The van der Waals surface area contributed by atoms with Crippen LogP contribution in [0.25, 0.3) is 17.0 Å². The van der Waals surface area contributed by atoms with Gasteiger partial charge in [-0.05, 0) is 36.1 Å². The number of nitrogens with one attached hydrogen (secondary N) is 2. The number of hydrogen-bond acceptors (Lipinski definition) is 4. The van der Waals surface area contributed by atoms with Gasteiger partial charge >= 0.3 is 0 Å². The number of carbonyl (C=O) groups is 1.